The van der Waals surface area contributed by atoms with Crippen LogP contribution >= 0.6 is 0 Å². The van der Waals surface area contributed by atoms with Crippen molar-refractivity contribution >= 4 is 17.6 Å². The third-order valence-electron chi connectivity index (χ3n) is 2.79. The molecule has 7 heteroatoms. The average Bonchev–Trinajstić information content (AvgIpc) is 2.38. The minimum atomic E-state index is -5.25. The highest BCUT2D eigenvalue weighted by atomic mass is 19.4. The van der Waals surface area contributed by atoms with E-state index in [1.54, 1.807) is 0 Å². The Kier molecular flexibility index (Phi) is 7.84. The third kappa shape index (κ3) is 6.02. The van der Waals surface area contributed by atoms with E-state index in [4.69, 9.17) is 5.41 Å². The predicted octanol–water partition coefficient (Wildman–Crippen LogP) is 3.04. The van der Waals surface area contributed by atoms with Crippen molar-refractivity contribution in [3.63, 3.8) is 0 Å². The van der Waals surface area contributed by atoms with Crippen LogP contribution in [0, 0.1) is 5.92 Å². The molecule has 0 aliphatic carbocycles. The molecule has 0 saturated carbocycles. The van der Waals surface area contributed by atoms with Crippen molar-refractivity contribution in [2.24, 2.45) is 5.92 Å². The SMILES string of the molecule is CCCCC(CC)COC(=O)C(=C=[N-])C(=O)C(F)(F)F. The largest absolute Gasteiger partial charge is 0.762 e. The molecule has 0 radical (unpaired) electrons. The summed E-state index contributed by atoms with van der Waals surface area (Å²) in [6, 6.07) is 0. The van der Waals surface area contributed by atoms with Gasteiger partial charge in [-0.2, -0.15) is 13.2 Å². The molecule has 0 aromatic carbocycles. The molecule has 1 unspecified atom stereocenters. The van der Waals surface area contributed by atoms with E-state index in [2.05, 4.69) is 4.74 Å². The van der Waals surface area contributed by atoms with Crippen molar-refractivity contribution in [2.75, 3.05) is 6.61 Å². The van der Waals surface area contributed by atoms with Gasteiger partial charge in [0.1, 0.15) is 5.57 Å². The highest BCUT2D eigenvalue weighted by Crippen LogP contribution is 2.21. The molecule has 4 nitrogen and oxygen atoms in total. The number of rotatable bonds is 8. The number of hydrogen-bond acceptors (Lipinski definition) is 3. The maximum Gasteiger partial charge on any atom is 0.455 e. The zero-order valence-corrected chi connectivity index (χ0v) is 11.4. The lowest BCUT2D eigenvalue weighted by molar-refractivity contribution is -0.168. The molecule has 0 aromatic rings. The van der Waals surface area contributed by atoms with Crippen molar-refractivity contribution in [3.05, 3.63) is 11.0 Å². The van der Waals surface area contributed by atoms with Gasteiger partial charge < -0.3 is 10.1 Å². The first kappa shape index (κ1) is 18.4. The van der Waals surface area contributed by atoms with Crippen LogP contribution in [0.1, 0.15) is 39.5 Å². The van der Waals surface area contributed by atoms with Crippen LogP contribution in [-0.4, -0.2) is 30.4 Å². The van der Waals surface area contributed by atoms with Gasteiger partial charge in [-0.3, -0.25) is 10.7 Å². The highest BCUT2D eigenvalue weighted by Gasteiger charge is 2.43. The minimum Gasteiger partial charge on any atom is -0.762 e. The lowest BCUT2D eigenvalue weighted by Gasteiger charge is -2.15. The quantitative estimate of drug-likeness (QED) is 0.227. The summed E-state index contributed by atoms with van der Waals surface area (Å²) in [4.78, 5) is 22.2. The number of esters is 1. The van der Waals surface area contributed by atoms with Crippen molar-refractivity contribution < 1.29 is 27.5 Å². The van der Waals surface area contributed by atoms with Crippen LogP contribution in [0.3, 0.4) is 0 Å². The summed E-state index contributed by atoms with van der Waals surface area (Å²) >= 11 is 0. The summed E-state index contributed by atoms with van der Waals surface area (Å²) in [7, 11) is 0. The first-order valence-electron chi connectivity index (χ1n) is 6.33. The van der Waals surface area contributed by atoms with Crippen molar-refractivity contribution in [2.45, 2.75) is 45.7 Å². The molecule has 0 aromatic heterocycles. The second-order valence-corrected chi connectivity index (χ2v) is 4.33. The van der Waals surface area contributed by atoms with Gasteiger partial charge in [-0.25, -0.2) is 4.79 Å². The number of Topliss-reactive ketones (excluding diaryl/α,β-unsaturated/α-hetero) is 1. The molecule has 0 spiro atoms. The summed E-state index contributed by atoms with van der Waals surface area (Å²) in [6.07, 6.45) is -1.92. The number of nitrogens with zero attached hydrogens (tertiary/aromatic N) is 1. The van der Waals surface area contributed by atoms with Gasteiger partial charge in [0.2, 0.25) is 0 Å². The van der Waals surface area contributed by atoms with Gasteiger partial charge in [-0.15, -0.1) is 0 Å². The van der Waals surface area contributed by atoms with E-state index in [9.17, 15) is 22.8 Å². The zero-order valence-electron chi connectivity index (χ0n) is 11.4. The second-order valence-electron chi connectivity index (χ2n) is 4.33. The molecule has 0 heterocycles. The molecule has 0 rings (SSSR count). The van der Waals surface area contributed by atoms with Gasteiger partial charge in [-0.05, 0) is 12.3 Å². The predicted molar refractivity (Wildman–Crippen MR) is 67.2 cm³/mol. The number of halogens is 3. The molecule has 0 bridgehead atoms. The Morgan fingerprint density at radius 3 is 2.30 bits per heavy atom. The Bertz CT molecular complexity index is 398. The van der Waals surface area contributed by atoms with Crippen molar-refractivity contribution in [1.29, 1.82) is 0 Å². The van der Waals surface area contributed by atoms with E-state index in [0.717, 1.165) is 25.1 Å². The Hall–Kier alpha value is -1.62. The van der Waals surface area contributed by atoms with Crippen LogP contribution in [0.5, 0.6) is 0 Å². The number of carbonyl (C=O) groups is 2. The summed E-state index contributed by atoms with van der Waals surface area (Å²) in [5, 5.41) is 8.49. The van der Waals surface area contributed by atoms with E-state index in [-0.39, 0.29) is 12.5 Å². The lowest BCUT2D eigenvalue weighted by atomic mass is 10.0. The van der Waals surface area contributed by atoms with Gasteiger partial charge in [-0.1, -0.05) is 33.1 Å². The van der Waals surface area contributed by atoms with E-state index in [1.807, 2.05) is 13.8 Å². The summed E-state index contributed by atoms with van der Waals surface area (Å²) < 4.78 is 41.1. The second kappa shape index (κ2) is 8.53. The van der Waals surface area contributed by atoms with Crippen LogP contribution in [0.25, 0.3) is 5.41 Å². The van der Waals surface area contributed by atoms with Gasteiger partial charge >= 0.3 is 12.1 Å². The molecule has 20 heavy (non-hydrogen) atoms. The number of ketones is 1. The maximum absolute atomic E-state index is 12.1. The molecule has 0 fully saturated rings. The molecule has 0 aliphatic rings. The number of carbonyl (C=O) groups excluding carboxylic acids is 2. The molecule has 0 N–H and O–H groups in total. The Labute approximate surface area is 115 Å². The molecule has 0 saturated heterocycles. The summed E-state index contributed by atoms with van der Waals surface area (Å²) in [5.41, 5.74) is -1.53. The van der Waals surface area contributed by atoms with Crippen LogP contribution in [0.15, 0.2) is 5.57 Å². The van der Waals surface area contributed by atoms with Gasteiger partial charge in [0, 0.05) is 0 Å². The lowest BCUT2D eigenvalue weighted by Crippen LogP contribution is -2.30. The Balaban J connectivity index is 4.59. The fourth-order valence-electron chi connectivity index (χ4n) is 1.49. The Morgan fingerprint density at radius 1 is 1.30 bits per heavy atom. The third-order valence-corrected chi connectivity index (χ3v) is 2.79. The van der Waals surface area contributed by atoms with Crippen LogP contribution in [0.2, 0.25) is 0 Å². The standard InChI is InChI=1S/C13H17F3NO3/c1-3-5-6-9(4-2)8-20-12(19)10(7-17)11(18)13(14,15)16/h9H,3-6,8H2,1-2H3/q-1. The normalized spacial score (nSPS) is 12.4. The zero-order chi connectivity index (χ0) is 15.8. The van der Waals surface area contributed by atoms with E-state index >= 15 is 0 Å². The molecular formula is C13H17F3NO3-. The number of unbranched alkanes of at least 4 members (excludes halogenated alkanes) is 1. The van der Waals surface area contributed by atoms with Crippen molar-refractivity contribution in [1.82, 2.24) is 0 Å². The number of ether oxygens (including phenoxy) is 1. The monoisotopic (exact) mass is 292 g/mol. The molecule has 0 amide bonds. The van der Waals surface area contributed by atoms with E-state index in [1.165, 1.54) is 0 Å². The minimum absolute atomic E-state index is 0.0137. The number of hydrogen-bond donors (Lipinski definition) is 0. The number of alkyl halides is 3. The summed E-state index contributed by atoms with van der Waals surface area (Å²) in [6.45, 7) is 3.76. The molecular weight excluding hydrogens is 275 g/mol. The fourth-order valence-corrected chi connectivity index (χ4v) is 1.49. The van der Waals surface area contributed by atoms with E-state index < -0.39 is 23.5 Å². The van der Waals surface area contributed by atoms with Crippen LogP contribution < -0.4 is 0 Å². The molecule has 0 aliphatic heterocycles. The average molecular weight is 292 g/mol. The maximum atomic E-state index is 12.1. The van der Waals surface area contributed by atoms with Crippen LogP contribution in [0.4, 0.5) is 13.2 Å². The topological polar surface area (TPSA) is 65.7 Å². The van der Waals surface area contributed by atoms with E-state index in [0.29, 0.717) is 6.42 Å². The first-order valence-corrected chi connectivity index (χ1v) is 6.33. The van der Waals surface area contributed by atoms with Gasteiger partial charge in [0.15, 0.2) is 0 Å². The van der Waals surface area contributed by atoms with Gasteiger partial charge in [0.25, 0.3) is 5.78 Å². The van der Waals surface area contributed by atoms with Crippen molar-refractivity contribution in [3.8, 4) is 0 Å². The smallest absolute Gasteiger partial charge is 0.455 e. The Morgan fingerprint density at radius 2 is 1.90 bits per heavy atom. The van der Waals surface area contributed by atoms with Gasteiger partial charge in [0.05, 0.1) is 6.61 Å². The fraction of sp³-hybridized carbons (Fsp3) is 0.692. The summed E-state index contributed by atoms with van der Waals surface area (Å²) in [5.74, 6) is -3.00. The highest BCUT2D eigenvalue weighted by molar-refractivity contribution is 6.25. The molecule has 114 valence electrons. The first-order chi connectivity index (χ1) is 9.27. The molecule has 1 atom stereocenters. The van der Waals surface area contributed by atoms with Crippen LogP contribution in [-0.2, 0) is 14.3 Å².